The molecule has 0 saturated carbocycles. The number of rotatable bonds is 14. The van der Waals surface area contributed by atoms with Crippen LogP contribution in [0.15, 0.2) is 133 Å². The maximum atomic E-state index is 13.7. The lowest BCUT2D eigenvalue weighted by Gasteiger charge is -2.30. The van der Waals surface area contributed by atoms with Gasteiger partial charge in [0, 0.05) is 36.6 Å². The van der Waals surface area contributed by atoms with Gasteiger partial charge < -0.3 is 23.9 Å². The highest BCUT2D eigenvalue weighted by Gasteiger charge is 2.38. The number of dihydropyridines is 1. The van der Waals surface area contributed by atoms with Crippen LogP contribution in [0, 0.1) is 10.1 Å². The monoisotopic (exact) mass is 712 g/mol. The van der Waals surface area contributed by atoms with E-state index < -0.39 is 22.8 Å². The molecule has 0 amide bonds. The molecule has 1 N–H and O–H groups in total. The quantitative estimate of drug-likeness (QED) is 0.0861. The number of nitro benzene ring substituents is 1. The Hall–Kier alpha value is -6.96. The Morgan fingerprint density at radius 1 is 0.736 bits per heavy atom. The van der Waals surface area contributed by atoms with Crippen molar-refractivity contribution >= 4 is 29.8 Å². The number of benzene rings is 3. The Balaban J connectivity index is 1.14. The van der Waals surface area contributed by atoms with Crippen molar-refractivity contribution < 1.29 is 24.0 Å². The maximum Gasteiger partial charge on any atom is 0.337 e. The second kappa shape index (κ2) is 16.8. The summed E-state index contributed by atoms with van der Waals surface area (Å²) in [5, 5.41) is 30.1. The average molecular weight is 713 g/mol. The highest BCUT2D eigenvalue weighted by atomic mass is 16.6. The minimum absolute atomic E-state index is 0.0469. The number of non-ortho nitro benzene ring substituents is 1. The van der Waals surface area contributed by atoms with Gasteiger partial charge in [-0.2, -0.15) is 0 Å². The molecular formula is C39H36N8O6. The molecule has 3 heterocycles. The lowest BCUT2D eigenvalue weighted by molar-refractivity contribution is -0.384. The van der Waals surface area contributed by atoms with E-state index >= 15 is 0 Å². The molecule has 5 aromatic rings. The molecule has 0 spiro atoms. The third-order valence-electron chi connectivity index (χ3n) is 8.48. The number of hydrogen-bond acceptors (Lipinski definition) is 11. The molecule has 1 aliphatic rings. The van der Waals surface area contributed by atoms with Gasteiger partial charge in [0.25, 0.3) is 5.69 Å². The van der Waals surface area contributed by atoms with E-state index in [0.717, 1.165) is 22.3 Å². The number of aromatic nitrogens is 6. The van der Waals surface area contributed by atoms with E-state index in [1.54, 1.807) is 57.4 Å². The second-order valence-corrected chi connectivity index (χ2v) is 12.2. The zero-order chi connectivity index (χ0) is 37.2. The van der Waals surface area contributed by atoms with Gasteiger partial charge in [-0.05, 0) is 53.8 Å². The van der Waals surface area contributed by atoms with Crippen LogP contribution in [0.4, 0.5) is 5.69 Å². The first-order chi connectivity index (χ1) is 25.7. The molecule has 3 aromatic carbocycles. The molecule has 2 aromatic heterocycles. The first-order valence-corrected chi connectivity index (χ1v) is 16.7. The van der Waals surface area contributed by atoms with Crippen molar-refractivity contribution in [3.8, 4) is 0 Å². The van der Waals surface area contributed by atoms with Crippen molar-refractivity contribution in [1.82, 2.24) is 34.8 Å². The number of carbonyl (C=O) groups is 2. The zero-order valence-electron chi connectivity index (χ0n) is 29.0. The summed E-state index contributed by atoms with van der Waals surface area (Å²) in [7, 11) is 0. The Kier molecular flexibility index (Phi) is 11.4. The van der Waals surface area contributed by atoms with E-state index in [1.807, 2.05) is 69.8 Å². The van der Waals surface area contributed by atoms with Gasteiger partial charge in [-0.1, -0.05) is 72.8 Å². The van der Waals surface area contributed by atoms with Crippen LogP contribution >= 0.6 is 0 Å². The largest absolute Gasteiger partial charge is 0.458 e. The van der Waals surface area contributed by atoms with Gasteiger partial charge in [-0.25, -0.2) is 9.59 Å². The lowest BCUT2D eigenvalue weighted by Crippen LogP contribution is -2.32. The molecule has 0 fully saturated rings. The number of nitrogens with one attached hydrogen (secondary N) is 1. The van der Waals surface area contributed by atoms with Crippen LogP contribution in [0.2, 0.25) is 0 Å². The van der Waals surface area contributed by atoms with Crippen LogP contribution in [-0.4, -0.2) is 59.6 Å². The molecule has 0 atom stereocenters. The predicted molar refractivity (Wildman–Crippen MR) is 195 cm³/mol. The van der Waals surface area contributed by atoms with Crippen molar-refractivity contribution in [3.63, 3.8) is 0 Å². The average Bonchev–Trinajstić information content (AvgIpc) is 3.88. The Bertz CT molecular complexity index is 2060. The van der Waals surface area contributed by atoms with E-state index in [-0.39, 0.29) is 30.0 Å². The van der Waals surface area contributed by atoms with Gasteiger partial charge in [0.1, 0.15) is 38.5 Å². The minimum atomic E-state index is -0.986. The fourth-order valence-electron chi connectivity index (χ4n) is 5.96. The lowest BCUT2D eigenvalue weighted by atomic mass is 9.80. The normalized spacial score (nSPS) is 14.5. The molecule has 14 nitrogen and oxygen atoms in total. The van der Waals surface area contributed by atoms with Crippen LogP contribution in [0.3, 0.4) is 0 Å². The van der Waals surface area contributed by atoms with Crippen LogP contribution < -0.4 is 5.32 Å². The van der Waals surface area contributed by atoms with E-state index in [4.69, 9.17) is 9.47 Å². The molecule has 0 saturated heterocycles. The summed E-state index contributed by atoms with van der Waals surface area (Å²) in [6, 6.07) is 21.6. The van der Waals surface area contributed by atoms with Gasteiger partial charge in [0.05, 0.1) is 22.0 Å². The Morgan fingerprint density at radius 2 is 1.19 bits per heavy atom. The number of esters is 2. The maximum absolute atomic E-state index is 13.7. The third kappa shape index (κ3) is 9.24. The second-order valence-electron chi connectivity index (χ2n) is 12.2. The molecule has 6 rings (SSSR count). The third-order valence-corrected chi connectivity index (χ3v) is 8.48. The van der Waals surface area contributed by atoms with Crippen molar-refractivity contribution in [3.05, 3.63) is 171 Å². The van der Waals surface area contributed by atoms with E-state index in [9.17, 15) is 19.7 Å². The van der Waals surface area contributed by atoms with E-state index in [2.05, 4.69) is 25.7 Å². The first kappa shape index (κ1) is 35.9. The first-order valence-electron chi connectivity index (χ1n) is 16.7. The predicted octanol–water partition coefficient (Wildman–Crippen LogP) is 5.62. The van der Waals surface area contributed by atoms with Gasteiger partial charge in [0.15, 0.2) is 0 Å². The summed E-state index contributed by atoms with van der Waals surface area (Å²) in [5.74, 6) is -2.34. The molecule has 53 heavy (non-hydrogen) atoms. The van der Waals surface area contributed by atoms with E-state index in [1.165, 1.54) is 18.2 Å². The summed E-state index contributed by atoms with van der Waals surface area (Å²) < 4.78 is 15.1. The van der Waals surface area contributed by atoms with Crippen LogP contribution in [0.5, 0.6) is 0 Å². The van der Waals surface area contributed by atoms with Crippen molar-refractivity contribution in [1.29, 1.82) is 0 Å². The van der Waals surface area contributed by atoms with Gasteiger partial charge in [-0.15, -0.1) is 20.4 Å². The fourth-order valence-corrected chi connectivity index (χ4v) is 5.96. The Labute approximate surface area is 305 Å². The van der Waals surface area contributed by atoms with Crippen molar-refractivity contribution in [2.45, 2.75) is 32.9 Å². The van der Waals surface area contributed by atoms with Crippen LogP contribution in [-0.2, 0) is 32.2 Å². The highest BCUT2D eigenvalue weighted by molar-refractivity contribution is 6.00. The number of hydrogen-bond donors (Lipinski definition) is 1. The minimum Gasteiger partial charge on any atom is -0.458 e. The number of ether oxygens (including phenoxy) is 2. The summed E-state index contributed by atoms with van der Waals surface area (Å²) in [6.07, 6.45) is 13.7. The van der Waals surface area contributed by atoms with Gasteiger partial charge >= 0.3 is 11.9 Å². The molecule has 0 radical (unpaired) electrons. The molecule has 14 heteroatoms. The van der Waals surface area contributed by atoms with Gasteiger partial charge in [0.2, 0.25) is 0 Å². The number of nitrogens with zero attached hydrogens (tertiary/aromatic N) is 7. The number of nitro groups is 1. The smallest absolute Gasteiger partial charge is 0.337 e. The summed E-state index contributed by atoms with van der Waals surface area (Å²) in [5.41, 5.74) is 5.40. The summed E-state index contributed by atoms with van der Waals surface area (Å²) >= 11 is 0. The molecule has 0 bridgehead atoms. The molecule has 0 unspecified atom stereocenters. The van der Waals surface area contributed by atoms with Crippen molar-refractivity contribution in [2.75, 3.05) is 13.2 Å². The molecule has 0 aliphatic carbocycles. The van der Waals surface area contributed by atoms with Crippen LogP contribution in [0.1, 0.15) is 47.6 Å². The van der Waals surface area contributed by atoms with E-state index in [0.29, 0.717) is 30.0 Å². The molecule has 268 valence electrons. The molecular weight excluding hydrogens is 676 g/mol. The van der Waals surface area contributed by atoms with Crippen molar-refractivity contribution in [2.24, 2.45) is 0 Å². The fraction of sp³-hybridized carbons (Fsp3) is 0.179. The summed E-state index contributed by atoms with van der Waals surface area (Å²) in [4.78, 5) is 38.7. The number of carbonyl (C=O) groups excluding carboxylic acids is 2. The zero-order valence-corrected chi connectivity index (χ0v) is 29.0. The number of allylic oxidation sites excluding steroid dienone is 2. The molecule has 1 aliphatic heterocycles. The Morgan fingerprint density at radius 3 is 1.62 bits per heavy atom. The standard InChI is InChI=1S/C39H36N8O6/c1-27-35(38(48)52-18-4-6-29-10-14-31(15-11-29)21-45-23-40-41-24-45)37(33-8-3-9-34(20-33)47(50)51)36(28(2)44-27)39(49)53-19-5-7-30-12-16-32(17-13-30)22-46-25-42-43-26-46/h3-17,20,23-26,37,44H,18-19,21-22H2,1-2H3. The summed E-state index contributed by atoms with van der Waals surface area (Å²) in [6.45, 7) is 4.59. The van der Waals surface area contributed by atoms with Gasteiger partial charge in [-0.3, -0.25) is 10.1 Å². The highest BCUT2D eigenvalue weighted by Crippen LogP contribution is 2.40. The van der Waals surface area contributed by atoms with Crippen LogP contribution in [0.25, 0.3) is 12.2 Å². The SMILES string of the molecule is CC1=C(C(=O)OCC=Cc2ccc(Cn3cnnc3)cc2)C(c2cccc([N+](=O)[O-])c2)C(C(=O)OCC=Cc2ccc(Cn3cnnc3)cc2)=C(C)N1. The topological polar surface area (TPSA) is 169 Å².